The van der Waals surface area contributed by atoms with Gasteiger partial charge in [0, 0.05) is 25.6 Å². The number of ether oxygens (including phenoxy) is 1. The maximum absolute atomic E-state index is 5.74. The lowest BCUT2D eigenvalue weighted by Gasteiger charge is -2.17. The van der Waals surface area contributed by atoms with Crippen LogP contribution < -0.4 is 5.32 Å². The Morgan fingerprint density at radius 2 is 2.18 bits per heavy atom. The third kappa shape index (κ3) is 2.29. The fourth-order valence-corrected chi connectivity index (χ4v) is 2.54. The molecule has 1 aliphatic rings. The Labute approximate surface area is 103 Å². The topological polar surface area (TPSA) is 52.0 Å². The van der Waals surface area contributed by atoms with Crippen molar-refractivity contribution >= 4 is 5.95 Å². The Hall–Kier alpha value is -1.10. The predicted octanol–water partition coefficient (Wildman–Crippen LogP) is 2.01. The Kier molecular flexibility index (Phi) is 3.99. The minimum Gasteiger partial charge on any atom is -0.377 e. The summed E-state index contributed by atoms with van der Waals surface area (Å²) in [5, 5.41) is 11.8. The number of rotatable bonds is 5. The van der Waals surface area contributed by atoms with Crippen LogP contribution in [-0.4, -0.2) is 34.0 Å². The molecule has 0 amide bonds. The standard InChI is InChI=1S/C12H22N4O/c1-4-10-9(7-8-17-10)11-14-15-12(13-5-2)16(11)6-3/h9-10H,4-8H2,1-3H3,(H,13,15). The van der Waals surface area contributed by atoms with Crippen molar-refractivity contribution in [2.45, 2.75) is 52.2 Å². The molecule has 0 saturated carbocycles. The van der Waals surface area contributed by atoms with Crippen molar-refractivity contribution in [2.75, 3.05) is 18.5 Å². The highest BCUT2D eigenvalue weighted by molar-refractivity contribution is 5.27. The van der Waals surface area contributed by atoms with Crippen molar-refractivity contribution in [2.24, 2.45) is 0 Å². The summed E-state index contributed by atoms with van der Waals surface area (Å²) < 4.78 is 7.91. The van der Waals surface area contributed by atoms with E-state index < -0.39 is 0 Å². The van der Waals surface area contributed by atoms with Crippen molar-refractivity contribution < 1.29 is 4.74 Å². The molecule has 17 heavy (non-hydrogen) atoms. The monoisotopic (exact) mass is 238 g/mol. The summed E-state index contributed by atoms with van der Waals surface area (Å²) in [6.07, 6.45) is 2.40. The zero-order valence-corrected chi connectivity index (χ0v) is 10.9. The lowest BCUT2D eigenvalue weighted by Crippen LogP contribution is -2.18. The molecule has 5 nitrogen and oxygen atoms in total. The van der Waals surface area contributed by atoms with Gasteiger partial charge in [0.1, 0.15) is 5.82 Å². The number of nitrogens with one attached hydrogen (secondary N) is 1. The smallest absolute Gasteiger partial charge is 0.224 e. The summed E-state index contributed by atoms with van der Waals surface area (Å²) in [6.45, 7) is 8.98. The maximum Gasteiger partial charge on any atom is 0.224 e. The van der Waals surface area contributed by atoms with E-state index in [1.165, 1.54) is 0 Å². The van der Waals surface area contributed by atoms with Crippen molar-refractivity contribution in [1.82, 2.24) is 14.8 Å². The Bertz CT molecular complexity index is 363. The second kappa shape index (κ2) is 5.49. The molecule has 1 saturated heterocycles. The molecule has 1 N–H and O–H groups in total. The molecule has 2 atom stereocenters. The second-order valence-electron chi connectivity index (χ2n) is 4.37. The van der Waals surface area contributed by atoms with E-state index in [1.54, 1.807) is 0 Å². The third-order valence-electron chi connectivity index (χ3n) is 3.37. The average Bonchev–Trinajstić information content (AvgIpc) is 2.94. The Balaban J connectivity index is 2.25. The van der Waals surface area contributed by atoms with E-state index in [0.29, 0.717) is 12.0 Å². The molecule has 96 valence electrons. The van der Waals surface area contributed by atoms with E-state index in [9.17, 15) is 0 Å². The van der Waals surface area contributed by atoms with Gasteiger partial charge >= 0.3 is 0 Å². The predicted molar refractivity (Wildman–Crippen MR) is 67.2 cm³/mol. The number of nitrogens with zero attached hydrogens (tertiary/aromatic N) is 3. The molecule has 0 aromatic carbocycles. The van der Waals surface area contributed by atoms with E-state index in [2.05, 4.69) is 40.9 Å². The van der Waals surface area contributed by atoms with Crippen LogP contribution in [0.5, 0.6) is 0 Å². The van der Waals surface area contributed by atoms with Gasteiger partial charge in [0.05, 0.1) is 6.10 Å². The first-order valence-corrected chi connectivity index (χ1v) is 6.60. The van der Waals surface area contributed by atoms with Crippen molar-refractivity contribution in [3.05, 3.63) is 5.82 Å². The van der Waals surface area contributed by atoms with Gasteiger partial charge in [-0.05, 0) is 26.7 Å². The SMILES string of the molecule is CCNc1nnc(C2CCOC2CC)n1CC. The highest BCUT2D eigenvalue weighted by Gasteiger charge is 2.32. The van der Waals surface area contributed by atoms with Crippen LogP contribution >= 0.6 is 0 Å². The van der Waals surface area contributed by atoms with E-state index in [-0.39, 0.29) is 0 Å². The molecule has 0 spiro atoms. The van der Waals surface area contributed by atoms with Crippen LogP contribution in [0, 0.1) is 0 Å². The van der Waals surface area contributed by atoms with Crippen LogP contribution in [0.2, 0.25) is 0 Å². The maximum atomic E-state index is 5.74. The molecule has 0 radical (unpaired) electrons. The van der Waals surface area contributed by atoms with E-state index in [0.717, 1.165) is 44.3 Å². The van der Waals surface area contributed by atoms with Crippen LogP contribution in [0.1, 0.15) is 45.4 Å². The van der Waals surface area contributed by atoms with Gasteiger partial charge in [0.25, 0.3) is 0 Å². The fourth-order valence-electron chi connectivity index (χ4n) is 2.54. The lowest BCUT2D eigenvalue weighted by atomic mass is 9.99. The van der Waals surface area contributed by atoms with E-state index in [4.69, 9.17) is 4.74 Å². The number of aromatic nitrogens is 3. The normalized spacial score (nSPS) is 24.2. The molecule has 2 unspecified atom stereocenters. The first kappa shape index (κ1) is 12.4. The van der Waals surface area contributed by atoms with Crippen LogP contribution in [0.15, 0.2) is 0 Å². The molecular formula is C12H22N4O. The average molecular weight is 238 g/mol. The fraction of sp³-hybridized carbons (Fsp3) is 0.833. The van der Waals surface area contributed by atoms with Gasteiger partial charge < -0.3 is 10.1 Å². The zero-order valence-electron chi connectivity index (χ0n) is 10.9. The van der Waals surface area contributed by atoms with Crippen LogP contribution in [0.25, 0.3) is 0 Å². The quantitative estimate of drug-likeness (QED) is 0.852. The molecule has 2 heterocycles. The van der Waals surface area contributed by atoms with E-state index >= 15 is 0 Å². The van der Waals surface area contributed by atoms with Gasteiger partial charge in [-0.3, -0.25) is 4.57 Å². The van der Waals surface area contributed by atoms with Gasteiger partial charge in [-0.25, -0.2) is 0 Å². The minimum absolute atomic E-state index is 0.305. The number of anilines is 1. The van der Waals surface area contributed by atoms with Crippen molar-refractivity contribution in [3.8, 4) is 0 Å². The summed E-state index contributed by atoms with van der Waals surface area (Å²) in [4.78, 5) is 0. The minimum atomic E-state index is 0.305. The second-order valence-corrected chi connectivity index (χ2v) is 4.37. The Morgan fingerprint density at radius 3 is 2.82 bits per heavy atom. The van der Waals surface area contributed by atoms with Crippen LogP contribution in [-0.2, 0) is 11.3 Å². The summed E-state index contributed by atoms with van der Waals surface area (Å²) >= 11 is 0. The molecule has 2 rings (SSSR count). The van der Waals surface area contributed by atoms with Gasteiger partial charge in [0.2, 0.25) is 5.95 Å². The van der Waals surface area contributed by atoms with Gasteiger partial charge in [-0.2, -0.15) is 0 Å². The highest BCUT2D eigenvalue weighted by atomic mass is 16.5. The molecule has 5 heteroatoms. The zero-order chi connectivity index (χ0) is 12.3. The molecule has 1 aromatic heterocycles. The van der Waals surface area contributed by atoms with Crippen LogP contribution in [0.3, 0.4) is 0 Å². The molecule has 0 aliphatic carbocycles. The van der Waals surface area contributed by atoms with Gasteiger partial charge in [-0.1, -0.05) is 6.92 Å². The first-order chi connectivity index (χ1) is 8.31. The first-order valence-electron chi connectivity index (χ1n) is 6.60. The number of hydrogen-bond acceptors (Lipinski definition) is 4. The number of hydrogen-bond donors (Lipinski definition) is 1. The molecular weight excluding hydrogens is 216 g/mol. The summed E-state index contributed by atoms with van der Waals surface area (Å²) in [5.41, 5.74) is 0. The molecule has 1 aliphatic heterocycles. The molecule has 0 bridgehead atoms. The van der Waals surface area contributed by atoms with Crippen LogP contribution in [0.4, 0.5) is 5.95 Å². The summed E-state index contributed by atoms with van der Waals surface area (Å²) in [5.74, 6) is 2.36. The molecule has 1 fully saturated rings. The third-order valence-corrected chi connectivity index (χ3v) is 3.37. The molecule has 1 aromatic rings. The largest absolute Gasteiger partial charge is 0.377 e. The van der Waals surface area contributed by atoms with Crippen molar-refractivity contribution in [1.29, 1.82) is 0 Å². The lowest BCUT2D eigenvalue weighted by molar-refractivity contribution is 0.0988. The van der Waals surface area contributed by atoms with Gasteiger partial charge in [0.15, 0.2) is 0 Å². The van der Waals surface area contributed by atoms with E-state index in [1.807, 2.05) is 0 Å². The summed E-state index contributed by atoms with van der Waals surface area (Å²) in [7, 11) is 0. The highest BCUT2D eigenvalue weighted by Crippen LogP contribution is 2.32. The summed E-state index contributed by atoms with van der Waals surface area (Å²) in [6, 6.07) is 0. The van der Waals surface area contributed by atoms with Crippen molar-refractivity contribution in [3.63, 3.8) is 0 Å². The Morgan fingerprint density at radius 1 is 1.35 bits per heavy atom. The van der Waals surface area contributed by atoms with Gasteiger partial charge in [-0.15, -0.1) is 10.2 Å².